The SMILES string of the molecule is Cl.O=S(=O)(CC1CCCCC1)NCC1=CCNCC1. The quantitative estimate of drug-likeness (QED) is 0.762. The average Bonchev–Trinajstić information content (AvgIpc) is 2.38. The third-order valence-corrected chi connectivity index (χ3v) is 5.35. The Labute approximate surface area is 122 Å². The van der Waals surface area contributed by atoms with Crippen LogP contribution in [0.3, 0.4) is 0 Å². The van der Waals surface area contributed by atoms with E-state index in [2.05, 4.69) is 16.1 Å². The fourth-order valence-corrected chi connectivity index (χ4v) is 4.23. The van der Waals surface area contributed by atoms with Gasteiger partial charge in [0.05, 0.1) is 5.75 Å². The van der Waals surface area contributed by atoms with Gasteiger partial charge in [0, 0.05) is 13.1 Å². The van der Waals surface area contributed by atoms with Gasteiger partial charge in [-0.15, -0.1) is 12.4 Å². The summed E-state index contributed by atoms with van der Waals surface area (Å²) in [6.45, 7) is 2.31. The molecule has 4 nitrogen and oxygen atoms in total. The van der Waals surface area contributed by atoms with E-state index >= 15 is 0 Å². The zero-order valence-corrected chi connectivity index (χ0v) is 13.0. The third-order valence-electron chi connectivity index (χ3n) is 3.86. The van der Waals surface area contributed by atoms with Gasteiger partial charge < -0.3 is 5.32 Å². The molecule has 2 rings (SSSR count). The molecular weight excluding hydrogens is 284 g/mol. The Bertz CT molecular complexity index is 389. The highest BCUT2D eigenvalue weighted by molar-refractivity contribution is 7.89. The van der Waals surface area contributed by atoms with Crippen LogP contribution < -0.4 is 10.0 Å². The summed E-state index contributed by atoms with van der Waals surface area (Å²) in [6.07, 6.45) is 8.84. The number of hydrogen-bond donors (Lipinski definition) is 2. The van der Waals surface area contributed by atoms with E-state index in [1.807, 2.05) is 0 Å². The van der Waals surface area contributed by atoms with Gasteiger partial charge in [-0.05, 0) is 31.7 Å². The maximum atomic E-state index is 12.0. The van der Waals surface area contributed by atoms with Crippen LogP contribution in [0.5, 0.6) is 0 Å². The fourth-order valence-electron chi connectivity index (χ4n) is 2.76. The second-order valence-corrected chi connectivity index (χ2v) is 7.27. The maximum Gasteiger partial charge on any atom is 0.212 e. The number of nitrogens with one attached hydrogen (secondary N) is 2. The van der Waals surface area contributed by atoms with E-state index in [0.717, 1.165) is 32.4 Å². The van der Waals surface area contributed by atoms with E-state index < -0.39 is 10.0 Å². The molecule has 1 heterocycles. The Hall–Kier alpha value is -0.100. The number of sulfonamides is 1. The van der Waals surface area contributed by atoms with Crippen LogP contribution in [0.4, 0.5) is 0 Å². The van der Waals surface area contributed by atoms with Gasteiger partial charge in [-0.25, -0.2) is 13.1 Å². The van der Waals surface area contributed by atoms with Gasteiger partial charge in [-0.2, -0.15) is 0 Å². The van der Waals surface area contributed by atoms with Gasteiger partial charge in [0.1, 0.15) is 0 Å². The third kappa shape index (κ3) is 6.25. The predicted molar refractivity (Wildman–Crippen MR) is 81.2 cm³/mol. The second-order valence-electron chi connectivity index (χ2n) is 5.42. The van der Waals surface area contributed by atoms with Crippen molar-refractivity contribution in [2.24, 2.45) is 5.92 Å². The van der Waals surface area contributed by atoms with Crippen molar-refractivity contribution in [2.75, 3.05) is 25.4 Å². The predicted octanol–water partition coefficient (Wildman–Crippen LogP) is 1.83. The molecule has 0 aromatic heterocycles. The van der Waals surface area contributed by atoms with Crippen molar-refractivity contribution in [2.45, 2.75) is 38.5 Å². The van der Waals surface area contributed by atoms with Crippen LogP contribution in [0, 0.1) is 5.92 Å². The lowest BCUT2D eigenvalue weighted by Gasteiger charge is -2.22. The van der Waals surface area contributed by atoms with Crippen LogP contribution in [0.25, 0.3) is 0 Å². The first-order valence-electron chi connectivity index (χ1n) is 7.02. The normalized spacial score (nSPS) is 21.6. The molecule has 0 aromatic rings. The molecule has 1 saturated carbocycles. The smallest absolute Gasteiger partial charge is 0.212 e. The highest BCUT2D eigenvalue weighted by Crippen LogP contribution is 2.24. The first-order chi connectivity index (χ1) is 8.66. The molecule has 0 aromatic carbocycles. The van der Waals surface area contributed by atoms with E-state index in [9.17, 15) is 8.42 Å². The van der Waals surface area contributed by atoms with Crippen molar-refractivity contribution in [1.82, 2.24) is 10.0 Å². The minimum Gasteiger partial charge on any atom is -0.313 e. The average molecular weight is 309 g/mol. The summed E-state index contributed by atoms with van der Waals surface area (Å²) in [4.78, 5) is 0. The van der Waals surface area contributed by atoms with Crippen LogP contribution in [0.2, 0.25) is 0 Å². The molecule has 2 N–H and O–H groups in total. The minimum atomic E-state index is -3.09. The summed E-state index contributed by atoms with van der Waals surface area (Å²) in [5.41, 5.74) is 1.21. The largest absolute Gasteiger partial charge is 0.313 e. The number of rotatable bonds is 5. The van der Waals surface area contributed by atoms with E-state index in [0.29, 0.717) is 18.2 Å². The van der Waals surface area contributed by atoms with Gasteiger partial charge in [-0.3, -0.25) is 0 Å². The summed E-state index contributed by atoms with van der Waals surface area (Å²) in [7, 11) is -3.09. The Kier molecular flexibility index (Phi) is 7.36. The van der Waals surface area contributed by atoms with Gasteiger partial charge in [-0.1, -0.05) is 30.9 Å². The highest BCUT2D eigenvalue weighted by Gasteiger charge is 2.21. The molecule has 1 aliphatic carbocycles. The molecule has 0 saturated heterocycles. The van der Waals surface area contributed by atoms with Crippen molar-refractivity contribution in [3.63, 3.8) is 0 Å². The van der Waals surface area contributed by atoms with Crippen LogP contribution in [-0.2, 0) is 10.0 Å². The molecule has 0 atom stereocenters. The Morgan fingerprint density at radius 3 is 2.63 bits per heavy atom. The van der Waals surface area contributed by atoms with Crippen molar-refractivity contribution in [3.05, 3.63) is 11.6 Å². The lowest BCUT2D eigenvalue weighted by atomic mass is 9.91. The van der Waals surface area contributed by atoms with Crippen molar-refractivity contribution in [1.29, 1.82) is 0 Å². The minimum absolute atomic E-state index is 0. The molecule has 0 spiro atoms. The van der Waals surface area contributed by atoms with Crippen molar-refractivity contribution >= 4 is 22.4 Å². The van der Waals surface area contributed by atoms with Gasteiger partial charge >= 0.3 is 0 Å². The van der Waals surface area contributed by atoms with Crippen molar-refractivity contribution < 1.29 is 8.42 Å². The topological polar surface area (TPSA) is 58.2 Å². The fraction of sp³-hybridized carbons (Fsp3) is 0.846. The maximum absolute atomic E-state index is 12.0. The molecule has 0 bridgehead atoms. The summed E-state index contributed by atoms with van der Waals surface area (Å²) in [6, 6.07) is 0. The van der Waals surface area contributed by atoms with E-state index in [4.69, 9.17) is 0 Å². The molecule has 112 valence electrons. The van der Waals surface area contributed by atoms with Crippen LogP contribution in [-0.4, -0.2) is 33.8 Å². The van der Waals surface area contributed by atoms with E-state index in [-0.39, 0.29) is 12.4 Å². The zero-order chi connectivity index (χ0) is 12.8. The van der Waals surface area contributed by atoms with Gasteiger partial charge in [0.2, 0.25) is 10.0 Å². The molecule has 2 aliphatic rings. The Morgan fingerprint density at radius 1 is 1.26 bits per heavy atom. The standard InChI is InChI=1S/C13H24N2O2S.ClH/c16-18(17,11-13-4-2-1-3-5-13)15-10-12-6-8-14-9-7-12;/h6,13-15H,1-5,7-11H2;1H. The Balaban J connectivity index is 0.00000180. The zero-order valence-electron chi connectivity index (χ0n) is 11.4. The molecule has 1 fully saturated rings. The van der Waals surface area contributed by atoms with Crippen LogP contribution in [0.1, 0.15) is 38.5 Å². The first kappa shape index (κ1) is 17.0. The van der Waals surface area contributed by atoms with Crippen LogP contribution in [0.15, 0.2) is 11.6 Å². The summed E-state index contributed by atoms with van der Waals surface area (Å²) in [5.74, 6) is 0.691. The summed E-state index contributed by atoms with van der Waals surface area (Å²) < 4.78 is 26.7. The van der Waals surface area contributed by atoms with E-state index in [1.165, 1.54) is 24.8 Å². The lowest BCUT2D eigenvalue weighted by molar-refractivity contribution is 0.384. The molecule has 0 radical (unpaired) electrons. The molecule has 6 heteroatoms. The Morgan fingerprint density at radius 2 is 2.00 bits per heavy atom. The van der Waals surface area contributed by atoms with Crippen LogP contribution >= 0.6 is 12.4 Å². The lowest BCUT2D eigenvalue weighted by Crippen LogP contribution is -2.33. The summed E-state index contributed by atoms with van der Waals surface area (Å²) in [5, 5.41) is 3.22. The van der Waals surface area contributed by atoms with Gasteiger partial charge in [0.25, 0.3) is 0 Å². The monoisotopic (exact) mass is 308 g/mol. The first-order valence-corrected chi connectivity index (χ1v) is 8.67. The highest BCUT2D eigenvalue weighted by atomic mass is 35.5. The number of hydrogen-bond acceptors (Lipinski definition) is 3. The molecule has 19 heavy (non-hydrogen) atoms. The summed E-state index contributed by atoms with van der Waals surface area (Å²) >= 11 is 0. The van der Waals surface area contributed by atoms with E-state index in [1.54, 1.807) is 0 Å². The second kappa shape index (κ2) is 8.25. The molecular formula is C13H25ClN2O2S. The molecule has 1 aliphatic heterocycles. The van der Waals surface area contributed by atoms with Gasteiger partial charge in [0.15, 0.2) is 0 Å². The molecule has 0 unspecified atom stereocenters. The number of halogens is 1. The van der Waals surface area contributed by atoms with Crippen molar-refractivity contribution in [3.8, 4) is 0 Å². The molecule has 0 amide bonds.